The van der Waals surface area contributed by atoms with Crippen LogP contribution in [0.25, 0.3) is 0 Å². The smallest absolute Gasteiger partial charge is 0.245 e. The Morgan fingerprint density at radius 1 is 0.931 bits per heavy atom. The zero-order valence-electron chi connectivity index (χ0n) is 19.1. The van der Waals surface area contributed by atoms with Crippen LogP contribution in [0.1, 0.15) is 79.6 Å². The van der Waals surface area contributed by atoms with Crippen LogP contribution in [0.2, 0.25) is 0 Å². The minimum Gasteiger partial charge on any atom is -0.344 e. The first-order valence-electron chi connectivity index (χ1n) is 11.4. The fraction of sp³-hybridized carbons (Fsp3) is 0.870. The fourth-order valence-electron chi connectivity index (χ4n) is 4.34. The summed E-state index contributed by atoms with van der Waals surface area (Å²) in [7, 11) is 0. The van der Waals surface area contributed by atoms with Gasteiger partial charge in [0.15, 0.2) is 0 Å². The van der Waals surface area contributed by atoms with Crippen molar-refractivity contribution in [2.45, 2.75) is 85.6 Å². The molecule has 2 heterocycles. The number of amides is 3. The normalized spacial score (nSPS) is 19.9. The SMILES string of the molecule is CC(C)CC(=O)NC(C(=O)N1CCCCC1)C1CCN(C(=O)CC(C)(C)C)CC1. The van der Waals surface area contributed by atoms with Gasteiger partial charge in [-0.15, -0.1) is 0 Å². The third kappa shape index (κ3) is 7.63. The van der Waals surface area contributed by atoms with E-state index in [0.717, 1.165) is 38.8 Å². The summed E-state index contributed by atoms with van der Waals surface area (Å²) < 4.78 is 0. The molecule has 166 valence electrons. The molecule has 0 saturated carbocycles. The predicted molar refractivity (Wildman–Crippen MR) is 115 cm³/mol. The van der Waals surface area contributed by atoms with E-state index in [2.05, 4.69) is 26.1 Å². The third-order valence-corrected chi connectivity index (χ3v) is 5.89. The molecule has 0 aromatic carbocycles. The van der Waals surface area contributed by atoms with Gasteiger partial charge in [0, 0.05) is 39.0 Å². The number of carbonyl (C=O) groups excluding carboxylic acids is 3. The van der Waals surface area contributed by atoms with Crippen LogP contribution in [-0.2, 0) is 14.4 Å². The lowest BCUT2D eigenvalue weighted by Crippen LogP contribution is -2.55. The maximum absolute atomic E-state index is 13.3. The molecule has 1 atom stereocenters. The molecule has 6 nitrogen and oxygen atoms in total. The summed E-state index contributed by atoms with van der Waals surface area (Å²) in [6, 6.07) is -0.459. The molecule has 2 saturated heterocycles. The van der Waals surface area contributed by atoms with Crippen LogP contribution in [0.4, 0.5) is 0 Å². The molecule has 2 aliphatic heterocycles. The maximum Gasteiger partial charge on any atom is 0.245 e. The van der Waals surface area contributed by atoms with E-state index < -0.39 is 6.04 Å². The average Bonchev–Trinajstić information content (AvgIpc) is 2.64. The molecule has 0 aliphatic carbocycles. The number of rotatable bonds is 6. The molecule has 6 heteroatoms. The van der Waals surface area contributed by atoms with Crippen LogP contribution < -0.4 is 5.32 Å². The van der Waals surface area contributed by atoms with Gasteiger partial charge >= 0.3 is 0 Å². The molecule has 0 spiro atoms. The van der Waals surface area contributed by atoms with Gasteiger partial charge in [0.1, 0.15) is 6.04 Å². The van der Waals surface area contributed by atoms with Crippen LogP contribution in [0.15, 0.2) is 0 Å². The van der Waals surface area contributed by atoms with Crippen molar-refractivity contribution in [1.82, 2.24) is 15.1 Å². The van der Waals surface area contributed by atoms with Gasteiger partial charge < -0.3 is 15.1 Å². The van der Waals surface area contributed by atoms with Crippen LogP contribution >= 0.6 is 0 Å². The summed E-state index contributed by atoms with van der Waals surface area (Å²) in [5, 5.41) is 3.06. The summed E-state index contributed by atoms with van der Waals surface area (Å²) in [5.74, 6) is 0.582. The highest BCUT2D eigenvalue weighted by Crippen LogP contribution is 2.26. The second-order valence-electron chi connectivity index (χ2n) is 10.5. The van der Waals surface area contributed by atoms with Crippen molar-refractivity contribution in [3.63, 3.8) is 0 Å². The Hall–Kier alpha value is -1.59. The predicted octanol–water partition coefficient (Wildman–Crippen LogP) is 3.20. The second kappa shape index (κ2) is 10.4. The number of carbonyl (C=O) groups is 3. The number of hydrogen-bond acceptors (Lipinski definition) is 3. The van der Waals surface area contributed by atoms with Crippen molar-refractivity contribution in [3.8, 4) is 0 Å². The molecule has 0 aromatic rings. The highest BCUT2D eigenvalue weighted by Gasteiger charge is 2.36. The van der Waals surface area contributed by atoms with E-state index >= 15 is 0 Å². The quantitative estimate of drug-likeness (QED) is 0.735. The second-order valence-corrected chi connectivity index (χ2v) is 10.5. The zero-order valence-corrected chi connectivity index (χ0v) is 19.1. The largest absolute Gasteiger partial charge is 0.344 e. The standard InChI is InChI=1S/C23H41N3O3/c1-17(2)15-19(27)24-21(22(29)26-11-7-6-8-12-26)18-9-13-25(14-10-18)20(28)16-23(3,4)5/h17-18,21H,6-16H2,1-5H3,(H,24,27). The zero-order chi connectivity index (χ0) is 21.6. The van der Waals surface area contributed by atoms with Crippen molar-refractivity contribution in [2.75, 3.05) is 26.2 Å². The number of nitrogens with zero attached hydrogens (tertiary/aromatic N) is 2. The molecule has 3 amide bonds. The van der Waals surface area contributed by atoms with E-state index in [1.165, 1.54) is 6.42 Å². The fourth-order valence-corrected chi connectivity index (χ4v) is 4.34. The van der Waals surface area contributed by atoms with Crippen molar-refractivity contribution < 1.29 is 14.4 Å². The van der Waals surface area contributed by atoms with Gasteiger partial charge in [-0.2, -0.15) is 0 Å². The molecule has 0 bridgehead atoms. The minimum atomic E-state index is -0.459. The first-order valence-corrected chi connectivity index (χ1v) is 11.4. The summed E-state index contributed by atoms with van der Waals surface area (Å²) in [6.07, 6.45) is 5.76. The number of hydrogen-bond donors (Lipinski definition) is 1. The van der Waals surface area contributed by atoms with Crippen molar-refractivity contribution in [1.29, 1.82) is 0 Å². The number of nitrogens with one attached hydrogen (secondary N) is 1. The number of piperidine rings is 2. The minimum absolute atomic E-state index is 0.0223. The topological polar surface area (TPSA) is 69.7 Å². The Balaban J connectivity index is 2.02. The lowest BCUT2D eigenvalue weighted by atomic mass is 9.86. The summed E-state index contributed by atoms with van der Waals surface area (Å²) >= 11 is 0. The van der Waals surface area contributed by atoms with Crippen molar-refractivity contribution >= 4 is 17.7 Å². The van der Waals surface area contributed by atoms with E-state index in [-0.39, 0.29) is 35.0 Å². The summed E-state index contributed by atoms with van der Waals surface area (Å²) in [6.45, 7) is 13.2. The summed E-state index contributed by atoms with van der Waals surface area (Å²) in [4.78, 5) is 42.1. The van der Waals surface area contributed by atoms with Gasteiger partial charge in [0.2, 0.25) is 17.7 Å². The lowest BCUT2D eigenvalue weighted by Gasteiger charge is -2.39. The first kappa shape index (κ1) is 23.7. The average molecular weight is 408 g/mol. The molecule has 1 unspecified atom stereocenters. The van der Waals surface area contributed by atoms with Crippen LogP contribution in [0.5, 0.6) is 0 Å². The van der Waals surface area contributed by atoms with Crippen LogP contribution in [-0.4, -0.2) is 59.7 Å². The first-order chi connectivity index (χ1) is 13.6. The van der Waals surface area contributed by atoms with Crippen molar-refractivity contribution in [2.24, 2.45) is 17.3 Å². The third-order valence-electron chi connectivity index (χ3n) is 5.89. The number of likely N-dealkylation sites (tertiary alicyclic amines) is 2. The molecule has 29 heavy (non-hydrogen) atoms. The van der Waals surface area contributed by atoms with E-state index in [4.69, 9.17) is 0 Å². The van der Waals surface area contributed by atoms with E-state index in [1.807, 2.05) is 23.6 Å². The Bertz CT molecular complexity index is 568. The van der Waals surface area contributed by atoms with Gasteiger partial charge in [-0.1, -0.05) is 34.6 Å². The Labute approximate surface area is 176 Å². The van der Waals surface area contributed by atoms with Gasteiger partial charge in [-0.3, -0.25) is 14.4 Å². The molecule has 1 N–H and O–H groups in total. The van der Waals surface area contributed by atoms with Crippen LogP contribution in [0, 0.1) is 17.3 Å². The summed E-state index contributed by atoms with van der Waals surface area (Å²) in [5.41, 5.74) is -0.0223. The van der Waals surface area contributed by atoms with Gasteiger partial charge in [0.05, 0.1) is 0 Å². The Morgan fingerprint density at radius 3 is 2.03 bits per heavy atom. The monoisotopic (exact) mass is 407 g/mol. The van der Waals surface area contributed by atoms with E-state index in [9.17, 15) is 14.4 Å². The maximum atomic E-state index is 13.3. The molecule has 2 rings (SSSR count). The van der Waals surface area contributed by atoms with Gasteiger partial charge in [-0.05, 0) is 49.4 Å². The molecule has 2 fully saturated rings. The van der Waals surface area contributed by atoms with Crippen LogP contribution in [0.3, 0.4) is 0 Å². The molecular weight excluding hydrogens is 366 g/mol. The molecule has 0 aromatic heterocycles. The van der Waals surface area contributed by atoms with Crippen molar-refractivity contribution in [3.05, 3.63) is 0 Å². The highest BCUT2D eigenvalue weighted by molar-refractivity contribution is 5.88. The lowest BCUT2D eigenvalue weighted by molar-refractivity contribution is -0.140. The van der Waals surface area contributed by atoms with Gasteiger partial charge in [-0.25, -0.2) is 0 Å². The van der Waals surface area contributed by atoms with E-state index in [1.54, 1.807) is 0 Å². The molecule has 2 aliphatic rings. The Morgan fingerprint density at radius 2 is 1.52 bits per heavy atom. The molecular formula is C23H41N3O3. The van der Waals surface area contributed by atoms with Gasteiger partial charge in [0.25, 0.3) is 0 Å². The van der Waals surface area contributed by atoms with E-state index in [0.29, 0.717) is 25.9 Å². The molecule has 0 radical (unpaired) electrons. The Kier molecular flexibility index (Phi) is 8.53. The highest BCUT2D eigenvalue weighted by atomic mass is 16.2.